The maximum Gasteiger partial charge on any atom is -0.0253 e. The molecule has 0 spiro atoms. The van der Waals surface area contributed by atoms with Crippen LogP contribution in [0.2, 0.25) is 0 Å². The molecule has 4 aromatic carbocycles. The predicted molar refractivity (Wildman–Crippen MR) is 153 cm³/mol. The number of hydrogen-bond donors (Lipinski definition) is 0. The van der Waals surface area contributed by atoms with E-state index in [1.807, 2.05) is 18.2 Å². The zero-order valence-corrected chi connectivity index (χ0v) is 23.6. The first-order chi connectivity index (χ1) is 16.8. The fourth-order valence-electron chi connectivity index (χ4n) is 3.93. The molecule has 0 amide bonds. The van der Waals surface area contributed by atoms with Crippen LogP contribution in [0.25, 0.3) is 11.1 Å². The molecule has 6 rings (SSSR count). The molecule has 0 saturated carbocycles. The van der Waals surface area contributed by atoms with Crippen LogP contribution in [-0.2, 0) is 30.7 Å². The summed E-state index contributed by atoms with van der Waals surface area (Å²) in [7, 11) is 0. The van der Waals surface area contributed by atoms with E-state index in [9.17, 15) is 0 Å². The summed E-state index contributed by atoms with van der Waals surface area (Å²) in [5.74, 6) is 0. The van der Waals surface area contributed by atoms with Crippen LogP contribution >= 0.6 is 0 Å². The van der Waals surface area contributed by atoms with Crippen LogP contribution < -0.4 is 0 Å². The van der Waals surface area contributed by atoms with Crippen molar-refractivity contribution in [3.8, 4) is 11.1 Å². The average molecular weight is 544 g/mol. The maximum atomic E-state index is 3.60. The minimum atomic E-state index is 0. The summed E-state index contributed by atoms with van der Waals surface area (Å²) in [6.45, 7) is 3.60. The molecule has 0 aliphatic heterocycles. The third-order valence-electron chi connectivity index (χ3n) is 5.70. The van der Waals surface area contributed by atoms with Gasteiger partial charge in [-0.2, -0.15) is 41.5 Å². The average Bonchev–Trinajstić information content (AvgIpc) is 3.58. The van der Waals surface area contributed by atoms with Crippen molar-refractivity contribution in [2.45, 2.75) is 12.8 Å². The van der Waals surface area contributed by atoms with Crippen LogP contribution in [0, 0.1) is 27.0 Å². The van der Waals surface area contributed by atoms with Gasteiger partial charge in [-0.15, -0.1) is 24.6 Å². The summed E-state index contributed by atoms with van der Waals surface area (Å²) in [6, 6.07) is 39.2. The molecular weight excluding hydrogens is 512 g/mol. The number of fused-ring (bicyclic) bond motifs is 3. The van der Waals surface area contributed by atoms with Crippen LogP contribution in [0.1, 0.15) is 28.7 Å². The quantitative estimate of drug-likeness (QED) is 0.200. The van der Waals surface area contributed by atoms with E-state index in [4.69, 9.17) is 0 Å². The molecule has 2 aliphatic carbocycles. The van der Waals surface area contributed by atoms with Crippen LogP contribution in [0.3, 0.4) is 0 Å². The van der Waals surface area contributed by atoms with Crippen molar-refractivity contribution in [3.63, 3.8) is 0 Å². The molecule has 4 aromatic rings. The third kappa shape index (κ3) is 7.68. The Labute approximate surface area is 233 Å². The van der Waals surface area contributed by atoms with Crippen molar-refractivity contribution in [1.29, 1.82) is 0 Å². The molecule has 1 heteroatoms. The number of hydrogen-bond acceptors (Lipinski definition) is 0. The fraction of sp³-hybridized carbons (Fsp3) is 0.0571. The largest absolute Gasteiger partial charge is 0.179 e. The fourth-order valence-corrected chi connectivity index (χ4v) is 4.75. The molecule has 2 aliphatic rings. The van der Waals surface area contributed by atoms with Gasteiger partial charge in [-0.3, -0.25) is 6.08 Å². The Morgan fingerprint density at radius 2 is 1.33 bits per heavy atom. The number of benzene rings is 4. The molecular formula is C35H32Zr-4. The monoisotopic (exact) mass is 542 g/mol. The van der Waals surface area contributed by atoms with E-state index in [0.29, 0.717) is 0 Å². The maximum absolute atomic E-state index is 3.60. The second-order valence-corrected chi connectivity index (χ2v) is 9.19. The van der Waals surface area contributed by atoms with Crippen LogP contribution in [0.5, 0.6) is 0 Å². The summed E-state index contributed by atoms with van der Waals surface area (Å²) in [4.78, 5) is 0. The van der Waals surface area contributed by atoms with E-state index in [-0.39, 0.29) is 14.9 Å². The molecule has 0 atom stereocenters. The van der Waals surface area contributed by atoms with Gasteiger partial charge >= 0.3 is 99.2 Å². The van der Waals surface area contributed by atoms with E-state index < -0.39 is 0 Å². The molecule has 0 fully saturated rings. The summed E-state index contributed by atoms with van der Waals surface area (Å²) in [6.07, 6.45) is 10.9. The van der Waals surface area contributed by atoms with Gasteiger partial charge in [0, 0.05) is 0 Å². The molecule has 0 radical (unpaired) electrons. The van der Waals surface area contributed by atoms with Crippen molar-refractivity contribution < 1.29 is 24.2 Å². The first-order valence-electron chi connectivity index (χ1n) is 11.4. The van der Waals surface area contributed by atoms with Crippen molar-refractivity contribution in [3.05, 3.63) is 183 Å². The Balaban J connectivity index is 0.000000194. The van der Waals surface area contributed by atoms with Gasteiger partial charge in [0.05, 0.1) is 0 Å². The second kappa shape index (κ2) is 15.1. The van der Waals surface area contributed by atoms with Crippen molar-refractivity contribution in [1.82, 2.24) is 0 Å². The molecule has 0 bridgehead atoms. The number of rotatable bonds is 3. The molecule has 0 aromatic heterocycles. The zero-order chi connectivity index (χ0) is 23.6. The molecule has 180 valence electrons. The number of allylic oxidation sites excluding steroid dienone is 5. The van der Waals surface area contributed by atoms with Gasteiger partial charge in [-0.25, -0.2) is 6.08 Å². The zero-order valence-electron chi connectivity index (χ0n) is 21.2. The Morgan fingerprint density at radius 3 is 1.89 bits per heavy atom. The van der Waals surface area contributed by atoms with Crippen LogP contribution in [0.4, 0.5) is 0 Å². The van der Waals surface area contributed by atoms with Gasteiger partial charge in [-0.05, 0) is 6.42 Å². The first kappa shape index (κ1) is 29.1. The topological polar surface area (TPSA) is 0 Å². The van der Waals surface area contributed by atoms with Gasteiger partial charge in [0.25, 0.3) is 0 Å². The molecule has 0 saturated heterocycles. The third-order valence-corrected chi connectivity index (χ3v) is 7.12. The second-order valence-electron chi connectivity index (χ2n) is 7.96. The van der Waals surface area contributed by atoms with Gasteiger partial charge in [0.15, 0.2) is 0 Å². The van der Waals surface area contributed by atoms with Crippen molar-refractivity contribution in [2.75, 3.05) is 0 Å². The molecule has 0 heterocycles. The van der Waals surface area contributed by atoms with E-state index in [2.05, 4.69) is 122 Å². The standard InChI is InChI=1S/C13H9.C13H10.C7H7.2CH3.Zr/c1-3-7-12-10(5-1)9-11-6-2-4-8-13(11)12;1-3-7-12(8-4-1)11-13-9-5-2-6-10-13;1-2-7-5-3-4-6-7;;;/h1-5,7-8H,9H2;1-10H;2,5-6H,1,3H2;2*1H3;/q-1;;3*-1;. The van der Waals surface area contributed by atoms with Crippen molar-refractivity contribution >= 4 is 3.21 Å². The smallest absolute Gasteiger partial charge is 0.0253 e. The summed E-state index contributed by atoms with van der Waals surface area (Å²) in [5.41, 5.74) is 9.37. The van der Waals surface area contributed by atoms with Gasteiger partial charge in [0.1, 0.15) is 0 Å². The molecule has 36 heavy (non-hydrogen) atoms. The summed E-state index contributed by atoms with van der Waals surface area (Å²) in [5, 5.41) is 0. The Bertz CT molecular complexity index is 1230. The Hall–Kier alpha value is -3.15. The van der Waals surface area contributed by atoms with E-state index in [0.717, 1.165) is 12.8 Å². The van der Waals surface area contributed by atoms with Crippen molar-refractivity contribution in [2.24, 2.45) is 0 Å². The SMILES string of the molecule is C=CC1=CC[C-]=C1.[CH3-].[CH3-].[Zr]=[C](c1ccccc1)c1ccccc1.[c-]1cccc2c1Cc1ccccc1-2. The molecule has 0 nitrogen and oxygen atoms in total. The predicted octanol–water partition coefficient (Wildman–Crippen LogP) is 8.62. The minimum Gasteiger partial charge on any atom is -0.179 e. The van der Waals surface area contributed by atoms with Gasteiger partial charge in [-0.1, -0.05) is 35.4 Å². The first-order valence-corrected chi connectivity index (χ1v) is 12.7. The van der Waals surface area contributed by atoms with E-state index in [1.165, 1.54) is 66.4 Å². The molecule has 0 N–H and O–H groups in total. The van der Waals surface area contributed by atoms with E-state index >= 15 is 0 Å². The Kier molecular flexibility index (Phi) is 12.2. The van der Waals surface area contributed by atoms with Crippen LogP contribution in [-0.4, -0.2) is 3.21 Å². The minimum absolute atomic E-state index is 0. The van der Waals surface area contributed by atoms with E-state index in [1.54, 1.807) is 0 Å². The van der Waals surface area contributed by atoms with Gasteiger partial charge < -0.3 is 14.9 Å². The van der Waals surface area contributed by atoms with Gasteiger partial charge in [0.2, 0.25) is 0 Å². The Morgan fingerprint density at radius 1 is 0.750 bits per heavy atom. The van der Waals surface area contributed by atoms with Crippen LogP contribution in [0.15, 0.2) is 134 Å². The summed E-state index contributed by atoms with van der Waals surface area (Å²) >= 11 is 1.46. The summed E-state index contributed by atoms with van der Waals surface area (Å²) < 4.78 is 1.42. The normalized spacial score (nSPS) is 11.5. The molecule has 0 unspecified atom stereocenters.